The van der Waals surface area contributed by atoms with Crippen LogP contribution < -0.4 is 14.8 Å². The van der Waals surface area contributed by atoms with Gasteiger partial charge < -0.3 is 24.3 Å². The lowest BCUT2D eigenvalue weighted by molar-refractivity contribution is -0.152. The van der Waals surface area contributed by atoms with Gasteiger partial charge in [-0.1, -0.05) is 60.7 Å². The van der Waals surface area contributed by atoms with E-state index in [4.69, 9.17) is 18.9 Å². The summed E-state index contributed by atoms with van der Waals surface area (Å²) in [5.41, 5.74) is 1.19. The molecule has 0 aliphatic carbocycles. The molecule has 9 heteroatoms. The van der Waals surface area contributed by atoms with E-state index in [2.05, 4.69) is 10.3 Å². The first-order valence-corrected chi connectivity index (χ1v) is 12.1. The van der Waals surface area contributed by atoms with Gasteiger partial charge in [-0.15, -0.1) is 0 Å². The Labute approximate surface area is 222 Å². The van der Waals surface area contributed by atoms with E-state index in [0.29, 0.717) is 0 Å². The van der Waals surface area contributed by atoms with Gasteiger partial charge >= 0.3 is 11.9 Å². The van der Waals surface area contributed by atoms with Gasteiger partial charge in [0.1, 0.15) is 12.1 Å². The molecular formula is C29H32N2O7. The maximum absolute atomic E-state index is 13.1. The number of nitrogens with one attached hydrogen (secondary N) is 1. The van der Waals surface area contributed by atoms with Crippen LogP contribution in [-0.2, 0) is 24.5 Å². The highest BCUT2D eigenvalue weighted by Gasteiger charge is 2.38. The Balaban J connectivity index is 1.77. The quantitative estimate of drug-likeness (QED) is 0.298. The van der Waals surface area contributed by atoms with E-state index in [1.165, 1.54) is 33.2 Å². The molecule has 0 unspecified atom stereocenters. The van der Waals surface area contributed by atoms with Crippen molar-refractivity contribution in [3.05, 3.63) is 89.7 Å². The summed E-state index contributed by atoms with van der Waals surface area (Å²) >= 11 is 0. The molecule has 3 rings (SSSR count). The zero-order valence-electron chi connectivity index (χ0n) is 22.1. The molecular weight excluding hydrogens is 488 g/mol. The maximum atomic E-state index is 13.1. The summed E-state index contributed by atoms with van der Waals surface area (Å²) in [6, 6.07) is 20.1. The number of ether oxygens (including phenoxy) is 4. The normalized spacial score (nSPS) is 12.6. The zero-order valence-corrected chi connectivity index (χ0v) is 22.1. The van der Waals surface area contributed by atoms with Gasteiger partial charge in [-0.3, -0.25) is 9.59 Å². The van der Waals surface area contributed by atoms with Crippen LogP contribution in [0.25, 0.3) is 0 Å². The maximum Gasteiger partial charge on any atom is 0.328 e. The first-order chi connectivity index (χ1) is 18.2. The van der Waals surface area contributed by atoms with Crippen molar-refractivity contribution in [2.24, 2.45) is 0 Å². The Morgan fingerprint density at radius 1 is 0.947 bits per heavy atom. The van der Waals surface area contributed by atoms with E-state index in [1.807, 2.05) is 74.5 Å². The largest absolute Gasteiger partial charge is 0.493 e. The van der Waals surface area contributed by atoms with E-state index in [0.717, 1.165) is 11.1 Å². The van der Waals surface area contributed by atoms with Gasteiger partial charge in [0.15, 0.2) is 17.2 Å². The van der Waals surface area contributed by atoms with Crippen molar-refractivity contribution in [1.29, 1.82) is 0 Å². The number of carbonyl (C=O) groups is 3. The van der Waals surface area contributed by atoms with Gasteiger partial charge in [0.25, 0.3) is 5.91 Å². The second-order valence-electron chi connectivity index (χ2n) is 8.80. The third kappa shape index (κ3) is 6.47. The number of hydrogen-bond acceptors (Lipinski definition) is 8. The van der Waals surface area contributed by atoms with Crippen LogP contribution in [0.15, 0.2) is 72.9 Å². The summed E-state index contributed by atoms with van der Waals surface area (Å²) in [6.07, 6.45) is 0.791. The van der Waals surface area contributed by atoms with Crippen molar-refractivity contribution in [3.63, 3.8) is 0 Å². The Kier molecular flexibility index (Phi) is 9.43. The summed E-state index contributed by atoms with van der Waals surface area (Å²) in [5.74, 6) is -1.67. The molecule has 0 aliphatic heterocycles. The Hall–Kier alpha value is -4.40. The van der Waals surface area contributed by atoms with Gasteiger partial charge in [0.2, 0.25) is 6.79 Å². The molecule has 9 nitrogen and oxygen atoms in total. The molecule has 0 spiro atoms. The van der Waals surface area contributed by atoms with Gasteiger partial charge in [0.05, 0.1) is 12.5 Å². The highest BCUT2D eigenvalue weighted by Crippen LogP contribution is 2.37. The number of aromatic nitrogens is 1. The summed E-state index contributed by atoms with van der Waals surface area (Å²) < 4.78 is 21.4. The number of methoxy groups -OCH3 is 1. The molecule has 2 aromatic carbocycles. The molecule has 1 N–H and O–H groups in total. The van der Waals surface area contributed by atoms with Gasteiger partial charge in [-0.05, 0) is 31.9 Å². The minimum Gasteiger partial charge on any atom is -0.493 e. The van der Waals surface area contributed by atoms with Crippen LogP contribution in [0.5, 0.6) is 11.5 Å². The molecule has 0 fully saturated rings. The molecule has 3 aromatic rings. The highest BCUT2D eigenvalue weighted by molar-refractivity contribution is 5.98. The minimum absolute atomic E-state index is 0.0246. The number of carbonyl (C=O) groups excluding carboxylic acids is 3. The molecule has 200 valence electrons. The number of amides is 1. The molecule has 0 radical (unpaired) electrons. The van der Waals surface area contributed by atoms with Crippen LogP contribution in [0.4, 0.5) is 0 Å². The molecule has 2 atom stereocenters. The van der Waals surface area contributed by atoms with Crippen LogP contribution >= 0.6 is 0 Å². The highest BCUT2D eigenvalue weighted by atomic mass is 16.7. The second kappa shape index (κ2) is 12.7. The predicted molar refractivity (Wildman–Crippen MR) is 140 cm³/mol. The standard InChI is InChI=1S/C29H32N2O7/c1-19(31-27(33)25-26(37-18-36-21(3)32)24(35-5)16-17-30-25)28(34)38-20(2)29(4,22-12-8-6-9-13-22)23-14-10-7-11-15-23/h6-17,19-20H,18H2,1-5H3,(H,31,33)/t19-,20-/m0/s1. The van der Waals surface area contributed by atoms with Gasteiger partial charge in [0, 0.05) is 19.2 Å². The lowest BCUT2D eigenvalue weighted by Gasteiger charge is -2.37. The molecule has 0 saturated carbocycles. The number of esters is 2. The van der Waals surface area contributed by atoms with Crippen LogP contribution in [0, 0.1) is 0 Å². The third-order valence-electron chi connectivity index (χ3n) is 6.32. The smallest absolute Gasteiger partial charge is 0.328 e. The Morgan fingerprint density at radius 3 is 2.05 bits per heavy atom. The van der Waals surface area contributed by atoms with Crippen molar-refractivity contribution in [1.82, 2.24) is 10.3 Å². The van der Waals surface area contributed by atoms with Gasteiger partial charge in [-0.2, -0.15) is 0 Å². The van der Waals surface area contributed by atoms with E-state index in [-0.39, 0.29) is 17.2 Å². The van der Waals surface area contributed by atoms with E-state index < -0.39 is 42.2 Å². The van der Waals surface area contributed by atoms with E-state index >= 15 is 0 Å². The number of benzene rings is 2. The van der Waals surface area contributed by atoms with Crippen LogP contribution in [0.3, 0.4) is 0 Å². The van der Waals surface area contributed by atoms with E-state index in [9.17, 15) is 14.4 Å². The van der Waals surface area contributed by atoms with Crippen molar-refractivity contribution in [2.75, 3.05) is 13.9 Å². The van der Waals surface area contributed by atoms with Crippen molar-refractivity contribution in [3.8, 4) is 11.5 Å². The fourth-order valence-corrected chi connectivity index (χ4v) is 3.99. The molecule has 0 aliphatic rings. The molecule has 1 heterocycles. The number of rotatable bonds is 11. The zero-order chi connectivity index (χ0) is 27.7. The molecule has 38 heavy (non-hydrogen) atoms. The van der Waals surface area contributed by atoms with E-state index in [1.54, 1.807) is 0 Å². The van der Waals surface area contributed by atoms with Crippen molar-refractivity contribution < 1.29 is 33.3 Å². The molecule has 1 amide bonds. The average Bonchev–Trinajstić information content (AvgIpc) is 2.93. The second-order valence-corrected chi connectivity index (χ2v) is 8.80. The Morgan fingerprint density at radius 2 is 1.53 bits per heavy atom. The summed E-state index contributed by atoms with van der Waals surface area (Å²) in [4.78, 5) is 41.3. The van der Waals surface area contributed by atoms with Crippen molar-refractivity contribution >= 4 is 17.8 Å². The number of pyridine rings is 1. The monoisotopic (exact) mass is 520 g/mol. The lowest BCUT2D eigenvalue weighted by Crippen LogP contribution is -2.45. The fraction of sp³-hybridized carbons (Fsp3) is 0.310. The molecule has 1 aromatic heterocycles. The van der Waals surface area contributed by atoms with Crippen LogP contribution in [-0.4, -0.2) is 48.9 Å². The van der Waals surface area contributed by atoms with Crippen molar-refractivity contribution in [2.45, 2.75) is 45.3 Å². The first kappa shape index (κ1) is 28.2. The number of nitrogens with zero attached hydrogens (tertiary/aromatic N) is 1. The Bertz CT molecular complexity index is 1210. The first-order valence-electron chi connectivity index (χ1n) is 12.1. The lowest BCUT2D eigenvalue weighted by atomic mass is 9.72. The van der Waals surface area contributed by atoms with Gasteiger partial charge in [-0.25, -0.2) is 9.78 Å². The summed E-state index contributed by atoms with van der Waals surface area (Å²) in [6.45, 7) is 6.16. The molecule has 0 bridgehead atoms. The number of hydrogen-bond donors (Lipinski definition) is 1. The summed E-state index contributed by atoms with van der Waals surface area (Å²) in [5, 5.41) is 2.60. The fourth-order valence-electron chi connectivity index (χ4n) is 3.99. The predicted octanol–water partition coefficient (Wildman–Crippen LogP) is 4.05. The van der Waals surface area contributed by atoms with Crippen LogP contribution in [0.2, 0.25) is 0 Å². The summed E-state index contributed by atoms with van der Waals surface area (Å²) in [7, 11) is 1.40. The third-order valence-corrected chi connectivity index (χ3v) is 6.32. The minimum atomic E-state index is -1.00. The SMILES string of the molecule is COc1ccnc(C(=O)N[C@@H](C)C(=O)O[C@@H](C)C(C)(c2ccccc2)c2ccccc2)c1OCOC(C)=O. The average molecular weight is 521 g/mol. The van der Waals surface area contributed by atoms with Crippen LogP contribution in [0.1, 0.15) is 49.3 Å². The molecule has 0 saturated heterocycles. The topological polar surface area (TPSA) is 113 Å².